The number of halogens is 3. The largest absolute Gasteiger partial charge is 0.416 e. The first-order valence-corrected chi connectivity index (χ1v) is 7.36. The van der Waals surface area contributed by atoms with Crippen LogP contribution < -0.4 is 5.32 Å². The van der Waals surface area contributed by atoms with Gasteiger partial charge in [0.1, 0.15) is 0 Å². The quantitative estimate of drug-likeness (QED) is 0.891. The van der Waals surface area contributed by atoms with Gasteiger partial charge in [0.15, 0.2) is 0 Å². The van der Waals surface area contributed by atoms with E-state index in [4.69, 9.17) is 4.74 Å². The predicted molar refractivity (Wildman–Crippen MR) is 84.7 cm³/mol. The molecular weight excluding hydrogens is 319 g/mol. The molecule has 0 aromatic heterocycles. The van der Waals surface area contributed by atoms with Gasteiger partial charge in [-0.15, -0.1) is 0 Å². The SMILES string of the molecule is COC(CNC(=O)c1ccc(C(F)(F)F)cc1)c1ccccc1C. The van der Waals surface area contributed by atoms with Crippen molar-refractivity contribution in [3.63, 3.8) is 0 Å². The lowest BCUT2D eigenvalue weighted by Crippen LogP contribution is -2.29. The topological polar surface area (TPSA) is 38.3 Å². The van der Waals surface area contributed by atoms with E-state index in [2.05, 4.69) is 5.32 Å². The van der Waals surface area contributed by atoms with Gasteiger partial charge in [0, 0.05) is 19.2 Å². The van der Waals surface area contributed by atoms with Crippen LogP contribution in [0, 0.1) is 6.92 Å². The Morgan fingerprint density at radius 2 is 1.75 bits per heavy atom. The van der Waals surface area contributed by atoms with Gasteiger partial charge in [0.2, 0.25) is 0 Å². The molecule has 0 aliphatic carbocycles. The summed E-state index contributed by atoms with van der Waals surface area (Å²) in [5.41, 5.74) is 1.37. The zero-order valence-electron chi connectivity index (χ0n) is 13.4. The van der Waals surface area contributed by atoms with Gasteiger partial charge in [-0.1, -0.05) is 24.3 Å². The number of rotatable bonds is 5. The van der Waals surface area contributed by atoms with Gasteiger partial charge in [0.05, 0.1) is 11.7 Å². The molecule has 0 fully saturated rings. The number of carbonyl (C=O) groups excluding carboxylic acids is 1. The molecule has 1 unspecified atom stereocenters. The number of nitrogens with one attached hydrogen (secondary N) is 1. The first-order valence-electron chi connectivity index (χ1n) is 7.36. The van der Waals surface area contributed by atoms with Gasteiger partial charge in [-0.25, -0.2) is 0 Å². The average molecular weight is 337 g/mol. The highest BCUT2D eigenvalue weighted by atomic mass is 19.4. The lowest BCUT2D eigenvalue weighted by Gasteiger charge is -2.18. The van der Waals surface area contributed by atoms with E-state index in [1.807, 2.05) is 31.2 Å². The van der Waals surface area contributed by atoms with Gasteiger partial charge < -0.3 is 10.1 Å². The monoisotopic (exact) mass is 337 g/mol. The summed E-state index contributed by atoms with van der Waals surface area (Å²) >= 11 is 0. The Kier molecular flexibility index (Phi) is 5.62. The number of hydrogen-bond donors (Lipinski definition) is 1. The third kappa shape index (κ3) is 4.35. The van der Waals surface area contributed by atoms with Gasteiger partial charge in [0.25, 0.3) is 5.91 Å². The van der Waals surface area contributed by atoms with E-state index in [1.165, 1.54) is 0 Å². The molecule has 0 spiro atoms. The van der Waals surface area contributed by atoms with Crippen molar-refractivity contribution in [2.45, 2.75) is 19.2 Å². The van der Waals surface area contributed by atoms with Crippen LogP contribution in [0.15, 0.2) is 48.5 Å². The van der Waals surface area contributed by atoms with Crippen LogP contribution in [-0.4, -0.2) is 19.6 Å². The Balaban J connectivity index is 2.03. The maximum atomic E-state index is 12.5. The zero-order chi connectivity index (χ0) is 17.7. The summed E-state index contributed by atoms with van der Waals surface area (Å²) in [6.45, 7) is 2.17. The molecule has 2 rings (SSSR count). The molecule has 0 heterocycles. The van der Waals surface area contributed by atoms with Crippen molar-refractivity contribution in [2.75, 3.05) is 13.7 Å². The lowest BCUT2D eigenvalue weighted by atomic mass is 10.0. The number of benzene rings is 2. The highest BCUT2D eigenvalue weighted by Gasteiger charge is 2.30. The fourth-order valence-corrected chi connectivity index (χ4v) is 2.37. The molecule has 1 atom stereocenters. The second kappa shape index (κ2) is 7.49. The molecule has 0 saturated heterocycles. The normalized spacial score (nSPS) is 12.7. The molecule has 1 N–H and O–H groups in total. The fourth-order valence-electron chi connectivity index (χ4n) is 2.37. The molecule has 6 heteroatoms. The summed E-state index contributed by atoms with van der Waals surface area (Å²) in [4.78, 5) is 12.1. The molecule has 24 heavy (non-hydrogen) atoms. The van der Waals surface area contributed by atoms with E-state index in [1.54, 1.807) is 7.11 Å². The number of carbonyl (C=O) groups is 1. The minimum atomic E-state index is -4.42. The summed E-state index contributed by atoms with van der Waals surface area (Å²) < 4.78 is 43.0. The third-order valence-corrected chi connectivity index (χ3v) is 3.74. The first kappa shape index (κ1) is 18.0. The summed E-state index contributed by atoms with van der Waals surface area (Å²) in [6.07, 6.45) is -4.74. The minimum Gasteiger partial charge on any atom is -0.375 e. The molecule has 128 valence electrons. The zero-order valence-corrected chi connectivity index (χ0v) is 13.4. The number of amides is 1. The first-order chi connectivity index (χ1) is 11.3. The Morgan fingerprint density at radius 3 is 2.29 bits per heavy atom. The molecule has 0 saturated carbocycles. The smallest absolute Gasteiger partial charge is 0.375 e. The number of alkyl halides is 3. The summed E-state index contributed by atoms with van der Waals surface area (Å²) in [5, 5.41) is 2.69. The van der Waals surface area contributed by atoms with E-state index < -0.39 is 17.6 Å². The van der Waals surface area contributed by atoms with Crippen molar-refractivity contribution >= 4 is 5.91 Å². The van der Waals surface area contributed by atoms with Crippen molar-refractivity contribution in [3.05, 3.63) is 70.8 Å². The van der Waals surface area contributed by atoms with E-state index in [9.17, 15) is 18.0 Å². The number of hydrogen-bond acceptors (Lipinski definition) is 2. The van der Waals surface area contributed by atoms with Crippen LogP contribution in [0.25, 0.3) is 0 Å². The summed E-state index contributed by atoms with van der Waals surface area (Å²) in [5.74, 6) is -0.445. The van der Waals surface area contributed by atoms with Crippen molar-refractivity contribution < 1.29 is 22.7 Å². The van der Waals surface area contributed by atoms with Crippen LogP contribution in [0.2, 0.25) is 0 Å². The lowest BCUT2D eigenvalue weighted by molar-refractivity contribution is -0.137. The second-order valence-electron chi connectivity index (χ2n) is 5.37. The van der Waals surface area contributed by atoms with Crippen LogP contribution in [-0.2, 0) is 10.9 Å². The van der Waals surface area contributed by atoms with Crippen LogP contribution >= 0.6 is 0 Å². The van der Waals surface area contributed by atoms with E-state index in [-0.39, 0.29) is 18.2 Å². The minimum absolute atomic E-state index is 0.169. The Morgan fingerprint density at radius 1 is 1.12 bits per heavy atom. The Bertz CT molecular complexity index is 696. The molecule has 2 aromatic carbocycles. The summed E-state index contributed by atoms with van der Waals surface area (Å²) in [7, 11) is 1.54. The van der Waals surface area contributed by atoms with E-state index in [0.717, 1.165) is 35.4 Å². The second-order valence-corrected chi connectivity index (χ2v) is 5.37. The van der Waals surface area contributed by atoms with Crippen LogP contribution in [0.1, 0.15) is 33.2 Å². The molecule has 0 bridgehead atoms. The Hall–Kier alpha value is -2.34. The van der Waals surface area contributed by atoms with Crippen molar-refractivity contribution in [3.8, 4) is 0 Å². The molecule has 0 radical (unpaired) electrons. The summed E-state index contributed by atoms with van der Waals surface area (Å²) in [6, 6.07) is 11.8. The molecule has 0 aliphatic rings. The van der Waals surface area contributed by atoms with Crippen molar-refractivity contribution in [2.24, 2.45) is 0 Å². The molecule has 2 aromatic rings. The third-order valence-electron chi connectivity index (χ3n) is 3.74. The van der Waals surface area contributed by atoms with Gasteiger partial charge in [-0.3, -0.25) is 4.79 Å². The van der Waals surface area contributed by atoms with Gasteiger partial charge in [-0.05, 0) is 42.3 Å². The highest BCUT2D eigenvalue weighted by Crippen LogP contribution is 2.29. The number of methoxy groups -OCH3 is 1. The van der Waals surface area contributed by atoms with E-state index >= 15 is 0 Å². The fraction of sp³-hybridized carbons (Fsp3) is 0.278. The van der Waals surface area contributed by atoms with Crippen LogP contribution in [0.5, 0.6) is 0 Å². The number of aryl methyl sites for hydroxylation is 1. The van der Waals surface area contributed by atoms with Crippen LogP contribution in [0.3, 0.4) is 0 Å². The molecule has 1 amide bonds. The average Bonchev–Trinajstić information content (AvgIpc) is 2.56. The highest BCUT2D eigenvalue weighted by molar-refractivity contribution is 5.94. The maximum absolute atomic E-state index is 12.5. The van der Waals surface area contributed by atoms with Crippen LogP contribution in [0.4, 0.5) is 13.2 Å². The molecule has 3 nitrogen and oxygen atoms in total. The number of ether oxygens (including phenoxy) is 1. The molecule has 0 aliphatic heterocycles. The van der Waals surface area contributed by atoms with Crippen molar-refractivity contribution in [1.82, 2.24) is 5.32 Å². The maximum Gasteiger partial charge on any atom is 0.416 e. The Labute approximate surface area is 138 Å². The standard InChI is InChI=1S/C18H18F3NO2/c1-12-5-3-4-6-15(12)16(24-2)11-22-17(23)13-7-9-14(10-8-13)18(19,20)21/h3-10,16H,11H2,1-2H3,(H,22,23). The predicted octanol–water partition coefficient (Wildman–Crippen LogP) is 4.13. The van der Waals surface area contributed by atoms with Gasteiger partial charge >= 0.3 is 6.18 Å². The molecular formula is C18H18F3NO2. The van der Waals surface area contributed by atoms with E-state index in [0.29, 0.717) is 0 Å². The van der Waals surface area contributed by atoms with Gasteiger partial charge in [-0.2, -0.15) is 13.2 Å². The van der Waals surface area contributed by atoms with Crippen molar-refractivity contribution in [1.29, 1.82) is 0 Å².